The minimum Gasteiger partial charge on any atom is -0.477 e. The van der Waals surface area contributed by atoms with E-state index in [-0.39, 0.29) is 0 Å². The minimum absolute atomic E-state index is 0.297. The van der Waals surface area contributed by atoms with Crippen molar-refractivity contribution in [3.63, 3.8) is 0 Å². The topological polar surface area (TPSA) is 42.2 Å². The summed E-state index contributed by atoms with van der Waals surface area (Å²) in [7, 11) is 0. The van der Waals surface area contributed by atoms with Crippen LogP contribution in [-0.4, -0.2) is 15.6 Å². The van der Waals surface area contributed by atoms with Gasteiger partial charge in [0.2, 0.25) is 0 Å². The zero-order valence-electron chi connectivity index (χ0n) is 10.4. The van der Waals surface area contributed by atoms with E-state index in [2.05, 4.69) is 22.0 Å². The first-order chi connectivity index (χ1) is 9.16. The van der Waals surface area contributed by atoms with E-state index in [4.69, 9.17) is 0 Å². The molecule has 0 spiro atoms. The second-order valence-electron chi connectivity index (χ2n) is 4.84. The second kappa shape index (κ2) is 4.85. The number of carbonyl (C=O) groups is 1. The van der Waals surface area contributed by atoms with Crippen molar-refractivity contribution >= 4 is 21.9 Å². The average Bonchev–Trinajstić information content (AvgIpc) is 2.80. The summed E-state index contributed by atoms with van der Waals surface area (Å²) in [5.41, 5.74) is 3.94. The Morgan fingerprint density at radius 1 is 1.26 bits per heavy atom. The summed E-state index contributed by atoms with van der Waals surface area (Å²) in [6, 6.07) is 7.81. The highest BCUT2D eigenvalue weighted by molar-refractivity contribution is 9.10. The minimum atomic E-state index is -0.904. The maximum atomic E-state index is 11.3. The van der Waals surface area contributed by atoms with Gasteiger partial charge in [-0.15, -0.1) is 0 Å². The van der Waals surface area contributed by atoms with Gasteiger partial charge in [-0.2, -0.15) is 0 Å². The number of benzene rings is 1. The summed E-state index contributed by atoms with van der Waals surface area (Å²) in [4.78, 5) is 11.3. The Balaban J connectivity index is 2.20. The van der Waals surface area contributed by atoms with Crippen molar-refractivity contribution in [3.05, 3.63) is 51.8 Å². The Bertz CT molecular complexity index is 646. The molecule has 19 heavy (non-hydrogen) atoms. The Hall–Kier alpha value is -1.55. The Morgan fingerprint density at radius 3 is 2.84 bits per heavy atom. The largest absolute Gasteiger partial charge is 0.477 e. The summed E-state index contributed by atoms with van der Waals surface area (Å²) >= 11 is 3.36. The third-order valence-electron chi connectivity index (χ3n) is 3.64. The lowest BCUT2D eigenvalue weighted by Gasteiger charge is -2.20. The number of hydrogen-bond donors (Lipinski definition) is 1. The van der Waals surface area contributed by atoms with Crippen molar-refractivity contribution in [3.8, 4) is 5.69 Å². The molecule has 3 rings (SSSR count). The summed E-state index contributed by atoms with van der Waals surface area (Å²) in [6.45, 7) is 0. The number of nitrogens with zero attached hydrogens (tertiary/aromatic N) is 1. The average molecular weight is 320 g/mol. The van der Waals surface area contributed by atoms with E-state index < -0.39 is 5.97 Å². The Morgan fingerprint density at radius 2 is 2.05 bits per heavy atom. The molecule has 0 radical (unpaired) electrons. The standard InChI is InChI=1S/C15H14BrNO2/c16-11-8-14(15(18)19)17(9-11)13-7-3-5-10-4-1-2-6-12(10)13/h3,5,7-9H,1-2,4,6H2,(H,18,19). The first-order valence-corrected chi connectivity index (χ1v) is 7.18. The summed E-state index contributed by atoms with van der Waals surface area (Å²) in [6.07, 6.45) is 6.34. The van der Waals surface area contributed by atoms with Gasteiger partial charge in [0.15, 0.2) is 0 Å². The molecule has 0 saturated heterocycles. The van der Waals surface area contributed by atoms with Crippen molar-refractivity contribution in [2.75, 3.05) is 0 Å². The van der Waals surface area contributed by atoms with Crippen LogP contribution < -0.4 is 0 Å². The van der Waals surface area contributed by atoms with E-state index in [0.29, 0.717) is 5.69 Å². The lowest BCUT2D eigenvalue weighted by molar-refractivity contribution is 0.0688. The van der Waals surface area contributed by atoms with Crippen molar-refractivity contribution in [2.24, 2.45) is 0 Å². The highest BCUT2D eigenvalue weighted by Crippen LogP contribution is 2.29. The molecule has 0 amide bonds. The van der Waals surface area contributed by atoms with Crippen molar-refractivity contribution in [1.82, 2.24) is 4.57 Å². The quantitative estimate of drug-likeness (QED) is 0.914. The van der Waals surface area contributed by atoms with Gasteiger partial charge in [0.25, 0.3) is 0 Å². The molecule has 2 aromatic rings. The van der Waals surface area contributed by atoms with Crippen LogP contribution in [0.4, 0.5) is 0 Å². The molecular weight excluding hydrogens is 306 g/mol. The summed E-state index contributed by atoms with van der Waals surface area (Å²) in [5, 5.41) is 9.30. The van der Waals surface area contributed by atoms with Gasteiger partial charge in [-0.05, 0) is 64.9 Å². The van der Waals surface area contributed by atoms with E-state index >= 15 is 0 Å². The van der Waals surface area contributed by atoms with Gasteiger partial charge in [0.1, 0.15) is 5.69 Å². The van der Waals surface area contributed by atoms with Crippen LogP contribution in [0.5, 0.6) is 0 Å². The van der Waals surface area contributed by atoms with E-state index in [1.165, 1.54) is 24.0 Å². The molecule has 0 fully saturated rings. The number of rotatable bonds is 2. The molecule has 98 valence electrons. The molecule has 3 nitrogen and oxygen atoms in total. The molecule has 1 N–H and O–H groups in total. The highest BCUT2D eigenvalue weighted by Gasteiger charge is 2.18. The maximum absolute atomic E-state index is 11.3. The van der Waals surface area contributed by atoms with Crippen molar-refractivity contribution < 1.29 is 9.90 Å². The molecule has 0 saturated carbocycles. The monoisotopic (exact) mass is 319 g/mol. The molecule has 1 aliphatic rings. The Labute approximate surface area is 120 Å². The number of aromatic carboxylic acids is 1. The molecule has 0 atom stereocenters. The van der Waals surface area contributed by atoms with Gasteiger partial charge in [-0.1, -0.05) is 12.1 Å². The number of hydrogen-bond acceptors (Lipinski definition) is 1. The molecule has 0 unspecified atom stereocenters. The fourth-order valence-electron chi connectivity index (χ4n) is 2.78. The van der Waals surface area contributed by atoms with Gasteiger partial charge in [-0.3, -0.25) is 0 Å². The zero-order chi connectivity index (χ0) is 13.4. The fraction of sp³-hybridized carbons (Fsp3) is 0.267. The number of aryl methyl sites for hydroxylation is 1. The number of carboxylic acid groups (broad SMARTS) is 1. The van der Waals surface area contributed by atoms with E-state index in [0.717, 1.165) is 23.0 Å². The molecule has 1 aromatic carbocycles. The second-order valence-corrected chi connectivity index (χ2v) is 5.76. The van der Waals surface area contributed by atoms with Crippen LogP contribution in [0.2, 0.25) is 0 Å². The van der Waals surface area contributed by atoms with Crippen LogP contribution in [0.3, 0.4) is 0 Å². The van der Waals surface area contributed by atoms with Gasteiger partial charge in [0.05, 0.1) is 0 Å². The molecule has 1 aromatic heterocycles. The molecule has 1 heterocycles. The molecule has 4 heteroatoms. The van der Waals surface area contributed by atoms with Crippen molar-refractivity contribution in [1.29, 1.82) is 0 Å². The van der Waals surface area contributed by atoms with Crippen LogP contribution in [0, 0.1) is 0 Å². The molecule has 0 aliphatic heterocycles. The van der Waals surface area contributed by atoms with Crippen molar-refractivity contribution in [2.45, 2.75) is 25.7 Å². The van der Waals surface area contributed by atoms with Gasteiger partial charge >= 0.3 is 5.97 Å². The van der Waals surface area contributed by atoms with Crippen LogP contribution in [0.1, 0.15) is 34.5 Å². The predicted molar refractivity (Wildman–Crippen MR) is 77.1 cm³/mol. The SMILES string of the molecule is O=C(O)c1cc(Br)cn1-c1cccc2c1CCCC2. The lowest BCUT2D eigenvalue weighted by Crippen LogP contribution is -2.11. The molecule has 0 bridgehead atoms. The van der Waals surface area contributed by atoms with Gasteiger partial charge < -0.3 is 9.67 Å². The van der Waals surface area contributed by atoms with E-state index in [9.17, 15) is 9.90 Å². The summed E-state index contributed by atoms with van der Waals surface area (Å²) < 4.78 is 2.56. The first-order valence-electron chi connectivity index (χ1n) is 6.39. The number of carboxylic acids is 1. The van der Waals surface area contributed by atoms with Crippen LogP contribution in [0.15, 0.2) is 34.9 Å². The third-order valence-corrected chi connectivity index (χ3v) is 4.07. The third kappa shape index (κ3) is 2.21. The molecule has 1 aliphatic carbocycles. The summed E-state index contributed by atoms with van der Waals surface area (Å²) in [5.74, 6) is -0.904. The highest BCUT2D eigenvalue weighted by atomic mass is 79.9. The fourth-order valence-corrected chi connectivity index (χ4v) is 3.20. The number of aromatic nitrogens is 1. The first kappa shape index (κ1) is 12.5. The van der Waals surface area contributed by atoms with Crippen LogP contribution in [0.25, 0.3) is 5.69 Å². The van der Waals surface area contributed by atoms with E-state index in [1.807, 2.05) is 18.3 Å². The zero-order valence-corrected chi connectivity index (χ0v) is 12.0. The molecular formula is C15H14BrNO2. The van der Waals surface area contributed by atoms with Gasteiger partial charge in [0, 0.05) is 16.4 Å². The van der Waals surface area contributed by atoms with Gasteiger partial charge in [-0.25, -0.2) is 4.79 Å². The lowest BCUT2D eigenvalue weighted by atomic mass is 9.90. The number of fused-ring (bicyclic) bond motifs is 1. The smallest absolute Gasteiger partial charge is 0.352 e. The maximum Gasteiger partial charge on any atom is 0.352 e. The normalized spacial score (nSPS) is 14.2. The Kier molecular flexibility index (Phi) is 3.19. The predicted octanol–water partition coefficient (Wildman–Crippen LogP) is 3.82. The number of halogens is 1. The van der Waals surface area contributed by atoms with E-state index in [1.54, 1.807) is 10.6 Å². The van der Waals surface area contributed by atoms with Crippen LogP contribution in [-0.2, 0) is 12.8 Å². The van der Waals surface area contributed by atoms with Crippen LogP contribution >= 0.6 is 15.9 Å².